The molecule has 1 aliphatic rings. The first-order valence-corrected chi connectivity index (χ1v) is 9.69. The van der Waals surface area contributed by atoms with Crippen LogP contribution in [0, 0.1) is 0 Å². The van der Waals surface area contributed by atoms with E-state index in [1.165, 1.54) is 6.26 Å². The molecule has 0 saturated carbocycles. The fourth-order valence-corrected chi connectivity index (χ4v) is 5.01. The second-order valence-corrected chi connectivity index (χ2v) is 8.22. The summed E-state index contributed by atoms with van der Waals surface area (Å²) < 4.78 is 23.9. The Morgan fingerprint density at radius 2 is 2.25 bits per heavy atom. The number of nitrogens with zero attached hydrogens (tertiary/aromatic N) is 3. The number of nitrogens with two attached hydrogens (primary N) is 1. The van der Waals surface area contributed by atoms with Gasteiger partial charge in [-0.25, -0.2) is 18.4 Å². The van der Waals surface area contributed by atoms with E-state index in [0.717, 1.165) is 18.6 Å². The lowest BCUT2D eigenvalue weighted by Gasteiger charge is -2.35. The molecule has 0 spiro atoms. The van der Waals surface area contributed by atoms with Crippen LogP contribution in [0.5, 0.6) is 0 Å². The summed E-state index contributed by atoms with van der Waals surface area (Å²) in [5, 5.41) is -0.537. The number of aryl methyl sites for hydroxylation is 1. The average molecular weight is 316 g/mol. The monoisotopic (exact) mass is 316 g/mol. The molecular weight excluding hydrogens is 296 g/mol. The Balaban J connectivity index is 2.37. The first kappa shape index (κ1) is 15.4. The number of nitrogen functional groups attached to an aromatic ring is 1. The molecule has 1 unspecified atom stereocenters. The maximum atomic E-state index is 11.9. The van der Waals surface area contributed by atoms with Crippen molar-refractivity contribution in [3.63, 3.8) is 0 Å². The van der Waals surface area contributed by atoms with E-state index in [0.29, 0.717) is 29.8 Å². The van der Waals surface area contributed by atoms with Crippen molar-refractivity contribution in [2.24, 2.45) is 0 Å². The maximum absolute atomic E-state index is 11.9. The Hall–Kier alpha value is -1.02. The van der Waals surface area contributed by atoms with Gasteiger partial charge in [0.1, 0.15) is 22.8 Å². The van der Waals surface area contributed by atoms with Crippen molar-refractivity contribution in [1.82, 2.24) is 9.97 Å². The molecule has 1 aromatic rings. The molecule has 112 valence electrons. The van der Waals surface area contributed by atoms with Crippen molar-refractivity contribution < 1.29 is 8.42 Å². The van der Waals surface area contributed by atoms with Gasteiger partial charge in [0.25, 0.3) is 0 Å². The Kier molecular flexibility index (Phi) is 4.74. The van der Waals surface area contributed by atoms with Gasteiger partial charge < -0.3 is 10.6 Å². The molecule has 1 atom stereocenters. The second-order valence-electron chi connectivity index (χ2n) is 4.87. The molecule has 0 aromatic carbocycles. The van der Waals surface area contributed by atoms with Gasteiger partial charge in [-0.3, -0.25) is 0 Å². The average Bonchev–Trinajstić information content (AvgIpc) is 2.37. The molecule has 1 saturated heterocycles. The summed E-state index contributed by atoms with van der Waals surface area (Å²) in [6.45, 7) is 2.70. The Morgan fingerprint density at radius 1 is 1.50 bits per heavy atom. The van der Waals surface area contributed by atoms with E-state index in [9.17, 15) is 8.42 Å². The van der Waals surface area contributed by atoms with Crippen molar-refractivity contribution in [1.29, 1.82) is 0 Å². The summed E-state index contributed by atoms with van der Waals surface area (Å²) in [5.41, 5.74) is 5.82. The first-order chi connectivity index (χ1) is 9.41. The van der Waals surface area contributed by atoms with Crippen LogP contribution in [0.25, 0.3) is 0 Å². The maximum Gasteiger partial charge on any atom is 0.169 e. The van der Waals surface area contributed by atoms with Gasteiger partial charge in [0.15, 0.2) is 9.84 Å². The lowest BCUT2D eigenvalue weighted by Crippen LogP contribution is -2.47. The largest absolute Gasteiger partial charge is 0.384 e. The summed E-state index contributed by atoms with van der Waals surface area (Å²) in [4.78, 5) is 10.5. The van der Waals surface area contributed by atoms with Crippen molar-refractivity contribution >= 4 is 33.2 Å². The molecule has 1 fully saturated rings. The predicted octanol–water partition coefficient (Wildman–Crippen LogP) is 0.935. The molecule has 8 heteroatoms. The number of anilines is 2. The minimum atomic E-state index is -3.16. The van der Waals surface area contributed by atoms with Crippen molar-refractivity contribution in [2.75, 3.05) is 34.9 Å². The van der Waals surface area contributed by atoms with Crippen LogP contribution < -0.4 is 10.6 Å². The molecule has 2 heterocycles. The third kappa shape index (κ3) is 3.54. The SMILES string of the molecule is CCCc1nc(N)cc(N2CCSCC2S(C)(=O)=O)n1. The van der Waals surface area contributed by atoms with Crippen LogP contribution in [0.15, 0.2) is 6.07 Å². The molecule has 0 amide bonds. The van der Waals surface area contributed by atoms with Crippen LogP contribution in [0.3, 0.4) is 0 Å². The molecule has 2 rings (SSSR count). The van der Waals surface area contributed by atoms with Crippen LogP contribution >= 0.6 is 11.8 Å². The lowest BCUT2D eigenvalue weighted by atomic mass is 10.3. The van der Waals surface area contributed by atoms with Gasteiger partial charge in [-0.15, -0.1) is 0 Å². The highest BCUT2D eigenvalue weighted by atomic mass is 32.2. The zero-order valence-corrected chi connectivity index (χ0v) is 13.4. The van der Waals surface area contributed by atoms with E-state index in [4.69, 9.17) is 5.73 Å². The number of sulfone groups is 1. The standard InChI is InChI=1S/C12H20N4O2S2/c1-3-4-10-14-9(13)7-11(15-10)16-5-6-19-8-12(16)20(2,17)18/h7,12H,3-6,8H2,1-2H3,(H2,13,14,15). The van der Waals surface area contributed by atoms with Crippen LogP contribution in [0.4, 0.5) is 11.6 Å². The molecule has 0 radical (unpaired) electrons. The molecule has 1 aliphatic heterocycles. The Labute approximate surface area is 124 Å². The number of thioether (sulfide) groups is 1. The summed E-state index contributed by atoms with van der Waals surface area (Å²) in [6.07, 6.45) is 2.94. The van der Waals surface area contributed by atoms with E-state index in [1.807, 2.05) is 11.8 Å². The highest BCUT2D eigenvalue weighted by molar-refractivity contribution is 8.01. The predicted molar refractivity (Wildman–Crippen MR) is 83.7 cm³/mol. The van der Waals surface area contributed by atoms with Crippen molar-refractivity contribution in [3.8, 4) is 0 Å². The third-order valence-corrected chi connectivity index (χ3v) is 5.77. The number of hydrogen-bond acceptors (Lipinski definition) is 7. The van der Waals surface area contributed by atoms with Crippen molar-refractivity contribution in [2.45, 2.75) is 25.1 Å². The molecule has 0 aliphatic carbocycles. The Morgan fingerprint density at radius 3 is 2.90 bits per heavy atom. The Bertz CT molecular complexity index is 577. The summed E-state index contributed by atoms with van der Waals surface area (Å²) in [5.74, 6) is 3.14. The second kappa shape index (κ2) is 6.17. The topological polar surface area (TPSA) is 89.2 Å². The molecule has 0 bridgehead atoms. The minimum absolute atomic E-state index is 0.393. The summed E-state index contributed by atoms with van der Waals surface area (Å²) in [6, 6.07) is 1.66. The van der Waals surface area contributed by atoms with Gasteiger partial charge in [-0.2, -0.15) is 11.8 Å². The number of hydrogen-bond donors (Lipinski definition) is 1. The van der Waals surface area contributed by atoms with Gasteiger partial charge in [0.2, 0.25) is 0 Å². The molecule has 2 N–H and O–H groups in total. The molecular formula is C12H20N4O2S2. The lowest BCUT2D eigenvalue weighted by molar-refractivity contribution is 0.583. The molecule has 1 aromatic heterocycles. The molecule has 6 nitrogen and oxygen atoms in total. The van der Waals surface area contributed by atoms with Gasteiger partial charge in [0.05, 0.1) is 0 Å². The first-order valence-electron chi connectivity index (χ1n) is 6.58. The van der Waals surface area contributed by atoms with Gasteiger partial charge >= 0.3 is 0 Å². The highest BCUT2D eigenvalue weighted by Crippen LogP contribution is 2.26. The van der Waals surface area contributed by atoms with Crippen molar-refractivity contribution in [3.05, 3.63) is 11.9 Å². The fraction of sp³-hybridized carbons (Fsp3) is 0.667. The van der Waals surface area contributed by atoms with Crippen LogP contribution in [-0.4, -0.2) is 48.1 Å². The van der Waals surface area contributed by atoms with Gasteiger partial charge in [0, 0.05) is 36.8 Å². The quantitative estimate of drug-likeness (QED) is 0.884. The van der Waals surface area contributed by atoms with Crippen LogP contribution in [0.2, 0.25) is 0 Å². The van der Waals surface area contributed by atoms with E-state index in [2.05, 4.69) is 9.97 Å². The van der Waals surface area contributed by atoms with Crippen LogP contribution in [-0.2, 0) is 16.3 Å². The summed E-state index contributed by atoms with van der Waals surface area (Å²) >= 11 is 1.65. The summed E-state index contributed by atoms with van der Waals surface area (Å²) in [7, 11) is -3.16. The smallest absolute Gasteiger partial charge is 0.169 e. The number of aromatic nitrogens is 2. The normalized spacial score (nSPS) is 20.1. The minimum Gasteiger partial charge on any atom is -0.384 e. The van der Waals surface area contributed by atoms with Crippen LogP contribution in [0.1, 0.15) is 19.2 Å². The van der Waals surface area contributed by atoms with E-state index in [-0.39, 0.29) is 0 Å². The zero-order chi connectivity index (χ0) is 14.8. The zero-order valence-electron chi connectivity index (χ0n) is 11.7. The number of rotatable bonds is 4. The van der Waals surface area contributed by atoms with E-state index in [1.54, 1.807) is 17.8 Å². The fourth-order valence-electron chi connectivity index (χ4n) is 2.18. The van der Waals surface area contributed by atoms with Gasteiger partial charge in [-0.05, 0) is 6.42 Å². The highest BCUT2D eigenvalue weighted by Gasteiger charge is 2.32. The van der Waals surface area contributed by atoms with E-state index >= 15 is 0 Å². The third-order valence-electron chi connectivity index (χ3n) is 3.13. The van der Waals surface area contributed by atoms with Gasteiger partial charge in [-0.1, -0.05) is 6.92 Å². The molecule has 20 heavy (non-hydrogen) atoms. The van der Waals surface area contributed by atoms with E-state index < -0.39 is 15.2 Å².